The third kappa shape index (κ3) is 434. The molecule has 0 saturated carbocycles. The highest BCUT2D eigenvalue weighted by atomic mass is 32.3. The quantitative estimate of drug-likeness (QED) is 0.294. The molecule has 0 heterocycles. The molecule has 13 nitrogen and oxygen atoms in total. The normalized spacial score (nSPS) is 10.9. The van der Waals surface area contributed by atoms with Crippen molar-refractivity contribution in [3.05, 3.63) is 0 Å². The zero-order chi connectivity index (χ0) is 14.2. The average molecular weight is 325 g/mol. The minimum absolute atomic E-state index is 0. The number of hydrogen-bond acceptors (Lipinski definition) is 8. The molecule has 0 radical (unpaired) electrons. The van der Waals surface area contributed by atoms with Crippen molar-refractivity contribution in [2.24, 2.45) is 0 Å². The van der Waals surface area contributed by atoms with Gasteiger partial charge in [-0.3, -0.25) is 26.9 Å². The van der Waals surface area contributed by atoms with Crippen molar-refractivity contribution in [2.75, 3.05) is 7.11 Å². The summed E-state index contributed by atoms with van der Waals surface area (Å²) < 4.78 is 92.9. The molecule has 0 amide bonds. The lowest BCUT2D eigenvalue weighted by Gasteiger charge is -1.82. The minimum atomic E-state index is -4.67. The summed E-state index contributed by atoms with van der Waals surface area (Å²) in [6.07, 6.45) is 0. The Balaban J connectivity index is -0.0000000729. The summed E-state index contributed by atoms with van der Waals surface area (Å²) in [5.41, 5.74) is 0. The van der Waals surface area contributed by atoms with Gasteiger partial charge in [0.05, 0.1) is 7.11 Å². The van der Waals surface area contributed by atoms with Crippen molar-refractivity contribution in [1.29, 1.82) is 0 Å². The van der Waals surface area contributed by atoms with Crippen LogP contribution in [0.1, 0.15) is 0 Å². The third-order valence-corrected chi connectivity index (χ3v) is 0.632. The van der Waals surface area contributed by atoms with Crippen LogP contribution in [0.5, 0.6) is 0 Å². The summed E-state index contributed by atoms with van der Waals surface area (Å²) in [5.74, 6) is 0. The van der Waals surface area contributed by atoms with Crippen LogP contribution in [-0.2, 0) is 35.4 Å². The summed E-state index contributed by atoms with van der Waals surface area (Å²) in [6, 6.07) is 0. The first kappa shape index (κ1) is 25.4. The van der Waals surface area contributed by atoms with Crippen molar-refractivity contribution in [3.63, 3.8) is 0 Å². The molecule has 8 N–H and O–H groups in total. The van der Waals surface area contributed by atoms with E-state index in [0.717, 1.165) is 7.11 Å². The van der Waals surface area contributed by atoms with E-state index in [4.69, 9.17) is 39.6 Å². The van der Waals surface area contributed by atoms with Gasteiger partial charge >= 0.3 is 31.2 Å². The van der Waals surface area contributed by atoms with Gasteiger partial charge in [0.2, 0.25) is 0 Å². The largest absolute Gasteiger partial charge is 0.397 e. The van der Waals surface area contributed by atoms with E-state index < -0.39 is 31.2 Å². The predicted molar refractivity (Wildman–Crippen MR) is 51.9 cm³/mol. The smallest absolute Gasteiger partial charge is 0.344 e. The van der Waals surface area contributed by atoms with Crippen LogP contribution >= 0.6 is 0 Å². The zero-order valence-electron chi connectivity index (χ0n) is 8.03. The molecule has 0 atom stereocenters. The maximum absolute atomic E-state index is 9.33. The second-order valence-corrected chi connectivity index (χ2v) is 4.47. The van der Waals surface area contributed by atoms with Gasteiger partial charge in [-0.25, -0.2) is 0 Å². The van der Waals surface area contributed by atoms with Crippen molar-refractivity contribution >= 4 is 31.2 Å². The van der Waals surface area contributed by atoms with E-state index in [1.165, 1.54) is 0 Å². The molecule has 0 aliphatic rings. The van der Waals surface area contributed by atoms with Gasteiger partial charge in [-0.1, -0.05) is 0 Å². The lowest BCUT2D eigenvalue weighted by molar-refractivity contribution is 0.324. The van der Waals surface area contributed by atoms with Gasteiger partial charge in [0.25, 0.3) is 0 Å². The average Bonchev–Trinajstić information content (AvgIpc) is 1.77. The predicted octanol–water partition coefficient (Wildman–Crippen LogP) is -1.71. The maximum atomic E-state index is 9.33. The summed E-state index contributed by atoms with van der Waals surface area (Å²) in [7, 11) is -12.6. The van der Waals surface area contributed by atoms with Crippen LogP contribution < -0.4 is 6.15 Å². The molecule has 16 heteroatoms. The van der Waals surface area contributed by atoms with Crippen LogP contribution in [0.2, 0.25) is 0 Å². The molecule has 0 aromatic heterocycles. The lowest BCUT2D eigenvalue weighted by Crippen LogP contribution is -1.96. The molecule has 0 rings (SSSR count). The standard InChI is InChI=1S/CH4O4S.H3N.2H2O4S/c1-5-6(2,3)4;;2*1-5(2,3)4/h1H3,(H,2,3,4);1H3;2*(H2,1,2,3,4). The first-order valence-electron chi connectivity index (χ1n) is 2.49. The van der Waals surface area contributed by atoms with Gasteiger partial charge in [0.1, 0.15) is 0 Å². The van der Waals surface area contributed by atoms with Crippen LogP contribution in [0.15, 0.2) is 0 Å². The topological polar surface area (TPSA) is 248 Å². The van der Waals surface area contributed by atoms with Crippen molar-refractivity contribution < 1.29 is 52.2 Å². The first-order chi connectivity index (χ1) is 6.56. The van der Waals surface area contributed by atoms with Crippen LogP contribution in [-0.4, -0.2) is 55.1 Å². The van der Waals surface area contributed by atoms with Crippen molar-refractivity contribution in [3.8, 4) is 0 Å². The summed E-state index contributed by atoms with van der Waals surface area (Å²) in [6.45, 7) is 0. The molecular weight excluding hydrogens is 314 g/mol. The molecule has 0 unspecified atom stereocenters. The van der Waals surface area contributed by atoms with Crippen LogP contribution in [0, 0.1) is 0 Å². The summed E-state index contributed by atoms with van der Waals surface area (Å²) >= 11 is 0. The Morgan fingerprint density at radius 1 is 0.706 bits per heavy atom. The van der Waals surface area contributed by atoms with Gasteiger partial charge < -0.3 is 6.15 Å². The molecule has 0 aliphatic heterocycles. The summed E-state index contributed by atoms with van der Waals surface area (Å²) in [5, 5.41) is 0. The van der Waals surface area contributed by atoms with Crippen LogP contribution in [0.3, 0.4) is 0 Å². The first-order valence-corrected chi connectivity index (χ1v) is 6.65. The molecule has 0 saturated heterocycles. The highest BCUT2D eigenvalue weighted by Gasteiger charge is 1.94. The minimum Gasteiger partial charge on any atom is -0.344 e. The second-order valence-electron chi connectivity index (χ2n) is 1.49. The second kappa shape index (κ2) is 9.58. The Morgan fingerprint density at radius 3 is 0.765 bits per heavy atom. The molecule has 0 aliphatic carbocycles. The molecular formula is CH11NO12S3. The molecule has 0 fully saturated rings. The van der Waals surface area contributed by atoms with Gasteiger partial charge in [0.15, 0.2) is 0 Å². The zero-order valence-corrected chi connectivity index (χ0v) is 10.5. The number of rotatable bonds is 1. The van der Waals surface area contributed by atoms with Crippen LogP contribution in [0.4, 0.5) is 0 Å². The van der Waals surface area contributed by atoms with Crippen LogP contribution in [0.25, 0.3) is 0 Å². The Hall–Kier alpha value is -0.430. The molecule has 0 spiro atoms. The van der Waals surface area contributed by atoms with Crippen molar-refractivity contribution in [2.45, 2.75) is 0 Å². The van der Waals surface area contributed by atoms with Crippen molar-refractivity contribution in [1.82, 2.24) is 6.15 Å². The molecule has 17 heavy (non-hydrogen) atoms. The fraction of sp³-hybridized carbons (Fsp3) is 1.00. The Morgan fingerprint density at radius 2 is 0.765 bits per heavy atom. The van der Waals surface area contributed by atoms with E-state index in [2.05, 4.69) is 4.18 Å². The third-order valence-electron chi connectivity index (χ3n) is 0.211. The lowest BCUT2D eigenvalue weighted by atomic mass is 11.8. The Bertz CT molecular complexity index is 406. The van der Waals surface area contributed by atoms with Gasteiger partial charge in [-0.2, -0.15) is 25.3 Å². The highest BCUT2D eigenvalue weighted by Crippen LogP contribution is 1.74. The molecule has 0 bridgehead atoms. The fourth-order valence-electron chi connectivity index (χ4n) is 0. The van der Waals surface area contributed by atoms with E-state index in [0.29, 0.717) is 0 Å². The van der Waals surface area contributed by atoms with Gasteiger partial charge in [-0.15, -0.1) is 0 Å². The Kier molecular flexibility index (Phi) is 14.3. The fourth-order valence-corrected chi connectivity index (χ4v) is 0. The Labute approximate surface area is 97.1 Å². The number of hydrogen-bond donors (Lipinski definition) is 6. The van der Waals surface area contributed by atoms with E-state index in [1.54, 1.807) is 0 Å². The molecule has 0 aromatic rings. The SMILES string of the molecule is COS(=O)(=O)O.N.O=S(=O)(O)O.O=S(=O)(O)O. The van der Waals surface area contributed by atoms with E-state index in [9.17, 15) is 8.42 Å². The van der Waals surface area contributed by atoms with E-state index in [-0.39, 0.29) is 6.15 Å². The summed E-state index contributed by atoms with van der Waals surface area (Å²) in [4.78, 5) is 0. The van der Waals surface area contributed by atoms with Gasteiger partial charge in [0, 0.05) is 0 Å². The highest BCUT2D eigenvalue weighted by molar-refractivity contribution is 7.81. The molecule has 0 aromatic carbocycles. The van der Waals surface area contributed by atoms with E-state index >= 15 is 0 Å². The van der Waals surface area contributed by atoms with Gasteiger partial charge in [-0.05, 0) is 0 Å². The molecule has 110 valence electrons. The maximum Gasteiger partial charge on any atom is 0.397 e. The van der Waals surface area contributed by atoms with E-state index in [1.807, 2.05) is 0 Å². The monoisotopic (exact) mass is 325 g/mol.